The summed E-state index contributed by atoms with van der Waals surface area (Å²) in [6, 6.07) is 14.1. The van der Waals surface area contributed by atoms with E-state index >= 15 is 0 Å². The second-order valence-electron chi connectivity index (χ2n) is 6.07. The third-order valence-electron chi connectivity index (χ3n) is 3.90. The number of hydrogen-bond acceptors (Lipinski definition) is 5. The van der Waals surface area contributed by atoms with Crippen LogP contribution in [0.3, 0.4) is 0 Å². The molecule has 0 spiro atoms. The Morgan fingerprint density at radius 2 is 1.75 bits per heavy atom. The van der Waals surface area contributed by atoms with Gasteiger partial charge in [-0.3, -0.25) is 14.9 Å². The molecule has 0 fully saturated rings. The van der Waals surface area contributed by atoms with Gasteiger partial charge in [-0.25, -0.2) is 4.79 Å². The van der Waals surface area contributed by atoms with Crippen molar-refractivity contribution in [2.45, 2.75) is 26.2 Å². The van der Waals surface area contributed by atoms with Crippen LogP contribution in [-0.2, 0) is 9.53 Å². The number of esters is 1. The molecule has 1 amide bonds. The number of nitrogens with zero attached hydrogens (tertiary/aromatic N) is 1. The van der Waals surface area contributed by atoms with Gasteiger partial charge in [0.25, 0.3) is 11.6 Å². The number of non-ortho nitro benzene ring substituents is 1. The van der Waals surface area contributed by atoms with E-state index in [2.05, 4.69) is 5.32 Å². The monoisotopic (exact) mass is 382 g/mol. The minimum atomic E-state index is -0.654. The molecule has 0 saturated heterocycles. The standard InChI is InChI=1S/C21H22N2O5/c1-2-3-7-14-28-21(25)19(22-20(24)17-8-5-4-6-9-17)15-16-10-12-18(13-11-16)23(26)27/h4-6,8-13,15H,2-3,7,14H2,1H3,(H,22,24)/b19-15-. The lowest BCUT2D eigenvalue weighted by Gasteiger charge is -2.10. The molecule has 0 aliphatic carbocycles. The molecule has 0 bridgehead atoms. The molecule has 0 atom stereocenters. The topological polar surface area (TPSA) is 98.5 Å². The highest BCUT2D eigenvalue weighted by molar-refractivity contribution is 6.03. The van der Waals surface area contributed by atoms with Gasteiger partial charge in [0, 0.05) is 17.7 Å². The molecule has 2 aromatic rings. The Hall–Kier alpha value is -3.48. The van der Waals surface area contributed by atoms with Crippen molar-refractivity contribution in [1.82, 2.24) is 5.32 Å². The first-order valence-corrected chi connectivity index (χ1v) is 9.01. The Morgan fingerprint density at radius 3 is 2.36 bits per heavy atom. The maximum absolute atomic E-state index is 12.4. The SMILES string of the molecule is CCCCCOC(=O)/C(=C/c1ccc([N+](=O)[O-])cc1)NC(=O)c1ccccc1. The summed E-state index contributed by atoms with van der Waals surface area (Å²) in [5.74, 6) is -1.10. The Labute approximate surface area is 163 Å². The van der Waals surface area contributed by atoms with Crippen molar-refractivity contribution in [1.29, 1.82) is 0 Å². The van der Waals surface area contributed by atoms with E-state index in [9.17, 15) is 19.7 Å². The van der Waals surface area contributed by atoms with E-state index in [1.54, 1.807) is 30.3 Å². The molecule has 0 aliphatic rings. The maximum Gasteiger partial charge on any atom is 0.354 e. The summed E-state index contributed by atoms with van der Waals surface area (Å²) in [4.78, 5) is 35.1. The molecule has 2 rings (SSSR count). The summed E-state index contributed by atoms with van der Waals surface area (Å²) in [7, 11) is 0. The average Bonchev–Trinajstić information content (AvgIpc) is 2.71. The van der Waals surface area contributed by atoms with Crippen molar-refractivity contribution < 1.29 is 19.2 Å². The highest BCUT2D eigenvalue weighted by Crippen LogP contribution is 2.15. The van der Waals surface area contributed by atoms with E-state index in [-0.39, 0.29) is 18.0 Å². The zero-order valence-corrected chi connectivity index (χ0v) is 15.6. The van der Waals surface area contributed by atoms with E-state index in [1.807, 2.05) is 6.92 Å². The third kappa shape index (κ3) is 6.35. The van der Waals surface area contributed by atoms with Crippen LogP contribution < -0.4 is 5.32 Å². The number of rotatable bonds is 9. The van der Waals surface area contributed by atoms with Gasteiger partial charge in [0.2, 0.25) is 0 Å². The second-order valence-corrected chi connectivity index (χ2v) is 6.07. The van der Waals surface area contributed by atoms with Gasteiger partial charge in [0.1, 0.15) is 5.70 Å². The normalized spacial score (nSPS) is 11.0. The van der Waals surface area contributed by atoms with Crippen molar-refractivity contribution in [3.05, 3.63) is 81.5 Å². The molecule has 28 heavy (non-hydrogen) atoms. The highest BCUT2D eigenvalue weighted by atomic mass is 16.6. The number of nitro groups is 1. The van der Waals surface area contributed by atoms with Gasteiger partial charge in [-0.1, -0.05) is 38.0 Å². The van der Waals surface area contributed by atoms with Gasteiger partial charge >= 0.3 is 5.97 Å². The first kappa shape index (κ1) is 20.8. The Kier molecular flexibility index (Phi) is 7.90. The Morgan fingerprint density at radius 1 is 1.07 bits per heavy atom. The molecule has 0 saturated carbocycles. The van der Waals surface area contributed by atoms with E-state index in [4.69, 9.17) is 4.74 Å². The summed E-state index contributed by atoms with van der Waals surface area (Å²) in [5.41, 5.74) is 0.837. The number of ether oxygens (including phenoxy) is 1. The predicted octanol–water partition coefficient (Wildman–Crippen LogP) is 4.10. The summed E-state index contributed by atoms with van der Waals surface area (Å²) in [6.45, 7) is 2.30. The lowest BCUT2D eigenvalue weighted by atomic mass is 10.1. The van der Waals surface area contributed by atoms with E-state index in [0.717, 1.165) is 19.3 Å². The van der Waals surface area contributed by atoms with Crippen molar-refractivity contribution in [2.75, 3.05) is 6.61 Å². The minimum Gasteiger partial charge on any atom is -0.461 e. The molecule has 0 unspecified atom stereocenters. The van der Waals surface area contributed by atoms with Crippen LogP contribution in [0.15, 0.2) is 60.3 Å². The molecule has 1 N–H and O–H groups in total. The molecule has 0 radical (unpaired) electrons. The zero-order chi connectivity index (χ0) is 20.4. The van der Waals surface area contributed by atoms with Gasteiger partial charge in [-0.15, -0.1) is 0 Å². The Bertz CT molecular complexity index is 845. The minimum absolute atomic E-state index is 0.0285. The predicted molar refractivity (Wildman–Crippen MR) is 105 cm³/mol. The van der Waals surface area contributed by atoms with Crippen molar-refractivity contribution in [3.63, 3.8) is 0 Å². The van der Waals surface area contributed by atoms with Crippen LogP contribution in [0.2, 0.25) is 0 Å². The molecule has 0 aromatic heterocycles. The number of unbranched alkanes of at least 4 members (excludes halogenated alkanes) is 2. The van der Waals surface area contributed by atoms with E-state index in [1.165, 1.54) is 30.3 Å². The van der Waals surface area contributed by atoms with Crippen molar-refractivity contribution in [3.8, 4) is 0 Å². The molecule has 146 valence electrons. The largest absolute Gasteiger partial charge is 0.461 e. The van der Waals surface area contributed by atoms with Crippen LogP contribution in [-0.4, -0.2) is 23.4 Å². The summed E-state index contributed by atoms with van der Waals surface area (Å²) < 4.78 is 5.25. The number of nitrogens with one attached hydrogen (secondary N) is 1. The van der Waals surface area contributed by atoms with E-state index in [0.29, 0.717) is 11.1 Å². The summed E-state index contributed by atoms with van der Waals surface area (Å²) in [5, 5.41) is 13.3. The smallest absolute Gasteiger partial charge is 0.354 e. The number of benzene rings is 2. The third-order valence-corrected chi connectivity index (χ3v) is 3.90. The van der Waals surface area contributed by atoms with E-state index < -0.39 is 16.8 Å². The molecule has 7 heteroatoms. The van der Waals surface area contributed by atoms with Crippen LogP contribution in [0, 0.1) is 10.1 Å². The first-order chi connectivity index (χ1) is 13.5. The molecule has 7 nitrogen and oxygen atoms in total. The Balaban J connectivity index is 2.20. The molecule has 0 heterocycles. The number of amides is 1. The zero-order valence-electron chi connectivity index (χ0n) is 15.6. The van der Waals surface area contributed by atoms with Gasteiger partial charge in [-0.2, -0.15) is 0 Å². The molecule has 0 aliphatic heterocycles. The molecule has 2 aromatic carbocycles. The van der Waals surface area contributed by atoms with Crippen LogP contribution >= 0.6 is 0 Å². The average molecular weight is 382 g/mol. The van der Waals surface area contributed by atoms with Crippen LogP contribution in [0.4, 0.5) is 5.69 Å². The van der Waals surface area contributed by atoms with Crippen LogP contribution in [0.1, 0.15) is 42.1 Å². The van der Waals surface area contributed by atoms with Crippen LogP contribution in [0.5, 0.6) is 0 Å². The first-order valence-electron chi connectivity index (χ1n) is 9.01. The maximum atomic E-state index is 12.4. The fraction of sp³-hybridized carbons (Fsp3) is 0.238. The highest BCUT2D eigenvalue weighted by Gasteiger charge is 2.16. The van der Waals surface area contributed by atoms with Gasteiger partial charge in [0.15, 0.2) is 0 Å². The lowest BCUT2D eigenvalue weighted by Crippen LogP contribution is -2.28. The quantitative estimate of drug-likeness (QED) is 0.231. The number of carbonyl (C=O) groups excluding carboxylic acids is 2. The fourth-order valence-corrected chi connectivity index (χ4v) is 2.38. The number of hydrogen-bond donors (Lipinski definition) is 1. The van der Waals surface area contributed by atoms with Gasteiger partial charge in [0.05, 0.1) is 11.5 Å². The van der Waals surface area contributed by atoms with Crippen LogP contribution in [0.25, 0.3) is 6.08 Å². The number of nitro benzene ring substituents is 1. The number of carbonyl (C=O) groups is 2. The second kappa shape index (κ2) is 10.6. The molecular formula is C21H22N2O5. The van der Waals surface area contributed by atoms with Crippen molar-refractivity contribution in [2.24, 2.45) is 0 Å². The van der Waals surface area contributed by atoms with Gasteiger partial charge < -0.3 is 10.1 Å². The summed E-state index contributed by atoms with van der Waals surface area (Å²) >= 11 is 0. The summed E-state index contributed by atoms with van der Waals surface area (Å²) in [6.07, 6.45) is 4.10. The van der Waals surface area contributed by atoms with Crippen molar-refractivity contribution >= 4 is 23.6 Å². The molecular weight excluding hydrogens is 360 g/mol. The fourth-order valence-electron chi connectivity index (χ4n) is 2.38. The van der Waals surface area contributed by atoms with Gasteiger partial charge in [-0.05, 0) is 42.3 Å². The lowest BCUT2D eigenvalue weighted by molar-refractivity contribution is -0.384.